The maximum Gasteiger partial charge on any atom is 0.264 e. The number of ether oxygens (including phenoxy) is 2. The molecule has 0 aliphatic carbocycles. The number of nitrogens with one attached hydrogen (secondary N) is 1. The average molecular weight is 616 g/mol. The normalized spacial score (nSPS) is 11.1. The number of sulfonamides is 1. The van der Waals surface area contributed by atoms with Crippen molar-refractivity contribution in [1.29, 1.82) is 0 Å². The van der Waals surface area contributed by atoms with Crippen LogP contribution < -0.4 is 19.1 Å². The van der Waals surface area contributed by atoms with Gasteiger partial charge in [0, 0.05) is 5.02 Å². The molecule has 38 heavy (non-hydrogen) atoms. The number of methoxy groups -OCH3 is 1. The van der Waals surface area contributed by atoms with Gasteiger partial charge in [0.05, 0.1) is 27.9 Å². The van der Waals surface area contributed by atoms with E-state index < -0.39 is 22.5 Å². The molecule has 0 bridgehead atoms. The average Bonchev–Trinajstić information content (AvgIpc) is 2.90. The fourth-order valence-corrected chi connectivity index (χ4v) is 5.90. The summed E-state index contributed by atoms with van der Waals surface area (Å²) in [5.41, 5.74) is 1.59. The summed E-state index contributed by atoms with van der Waals surface area (Å²) >= 11 is 9.52. The number of carbonyl (C=O) groups excluding carboxylic acids is 1. The first-order chi connectivity index (χ1) is 18.2. The predicted molar refractivity (Wildman–Crippen MR) is 153 cm³/mol. The molecule has 196 valence electrons. The number of hydrogen-bond acceptors (Lipinski definition) is 5. The molecule has 0 aromatic heterocycles. The highest BCUT2D eigenvalue weighted by Crippen LogP contribution is 2.33. The molecular formula is C28H24BrClN2O5S. The van der Waals surface area contributed by atoms with Crippen LogP contribution in [0.2, 0.25) is 5.02 Å². The van der Waals surface area contributed by atoms with Crippen LogP contribution in [-0.2, 0) is 14.8 Å². The third-order valence-electron chi connectivity index (χ3n) is 5.51. The molecule has 0 saturated carbocycles. The van der Waals surface area contributed by atoms with Crippen LogP contribution in [0.25, 0.3) is 0 Å². The summed E-state index contributed by atoms with van der Waals surface area (Å²) in [4.78, 5) is 13.3. The number of rotatable bonds is 9. The van der Waals surface area contributed by atoms with E-state index in [1.165, 1.54) is 19.2 Å². The lowest BCUT2D eigenvalue weighted by molar-refractivity contribution is -0.114. The van der Waals surface area contributed by atoms with E-state index in [1.807, 2.05) is 25.1 Å². The van der Waals surface area contributed by atoms with Crippen molar-refractivity contribution in [3.8, 4) is 17.2 Å². The molecule has 0 radical (unpaired) electrons. The molecule has 0 unspecified atom stereocenters. The van der Waals surface area contributed by atoms with Crippen molar-refractivity contribution in [2.75, 3.05) is 23.3 Å². The monoisotopic (exact) mass is 614 g/mol. The highest BCUT2D eigenvalue weighted by Gasteiger charge is 2.28. The number of anilines is 2. The lowest BCUT2D eigenvalue weighted by Gasteiger charge is -2.25. The van der Waals surface area contributed by atoms with Gasteiger partial charge in [-0.05, 0) is 83.5 Å². The molecular weight excluding hydrogens is 592 g/mol. The first kappa shape index (κ1) is 27.5. The van der Waals surface area contributed by atoms with Crippen molar-refractivity contribution in [3.63, 3.8) is 0 Å². The number of aryl methyl sites for hydroxylation is 1. The van der Waals surface area contributed by atoms with Crippen molar-refractivity contribution >= 4 is 54.8 Å². The van der Waals surface area contributed by atoms with Gasteiger partial charge in [0.15, 0.2) is 5.75 Å². The van der Waals surface area contributed by atoms with E-state index in [1.54, 1.807) is 60.7 Å². The molecule has 0 saturated heterocycles. The minimum Gasteiger partial charge on any atom is -0.496 e. The number of halogens is 2. The third kappa shape index (κ3) is 6.48. The maximum atomic E-state index is 13.8. The smallest absolute Gasteiger partial charge is 0.264 e. The highest BCUT2D eigenvalue weighted by atomic mass is 79.9. The molecule has 0 aliphatic rings. The summed E-state index contributed by atoms with van der Waals surface area (Å²) in [5, 5.41) is 3.13. The van der Waals surface area contributed by atoms with Gasteiger partial charge in [-0.15, -0.1) is 0 Å². The highest BCUT2D eigenvalue weighted by molar-refractivity contribution is 9.10. The van der Waals surface area contributed by atoms with Gasteiger partial charge in [-0.2, -0.15) is 0 Å². The Balaban J connectivity index is 1.66. The van der Waals surface area contributed by atoms with E-state index in [-0.39, 0.29) is 4.90 Å². The van der Waals surface area contributed by atoms with Crippen molar-refractivity contribution in [2.45, 2.75) is 11.8 Å². The lowest BCUT2D eigenvalue weighted by Crippen LogP contribution is -2.38. The number of hydrogen-bond donors (Lipinski definition) is 1. The molecule has 4 aromatic carbocycles. The minimum absolute atomic E-state index is 0.00518. The van der Waals surface area contributed by atoms with E-state index in [9.17, 15) is 13.2 Å². The maximum absolute atomic E-state index is 13.8. The number of nitrogens with zero attached hydrogens (tertiary/aromatic N) is 1. The molecule has 0 aliphatic heterocycles. The third-order valence-corrected chi connectivity index (χ3v) is 8.13. The predicted octanol–water partition coefficient (Wildman–Crippen LogP) is 7.05. The van der Waals surface area contributed by atoms with Gasteiger partial charge in [-0.25, -0.2) is 8.42 Å². The molecule has 1 N–H and O–H groups in total. The minimum atomic E-state index is -4.14. The second-order valence-corrected chi connectivity index (χ2v) is 11.4. The van der Waals surface area contributed by atoms with Crippen LogP contribution in [0.5, 0.6) is 17.2 Å². The zero-order valence-electron chi connectivity index (χ0n) is 20.5. The van der Waals surface area contributed by atoms with E-state index >= 15 is 0 Å². The molecule has 0 spiro atoms. The van der Waals surface area contributed by atoms with Gasteiger partial charge >= 0.3 is 0 Å². The van der Waals surface area contributed by atoms with Gasteiger partial charge in [-0.1, -0.05) is 47.5 Å². The fraction of sp³-hybridized carbons (Fsp3) is 0.107. The Bertz CT molecular complexity index is 1550. The summed E-state index contributed by atoms with van der Waals surface area (Å²) in [7, 11) is -2.65. The Kier molecular flexibility index (Phi) is 8.61. The zero-order valence-corrected chi connectivity index (χ0v) is 23.7. The Hall–Kier alpha value is -3.53. The van der Waals surface area contributed by atoms with Gasteiger partial charge in [-0.3, -0.25) is 9.10 Å². The standard InChI is InChI=1S/C28H24BrClN2O5S/c1-19-8-11-21(12-9-19)32(38(34,35)23-13-15-26(36-2)24(29)17-23)18-28(33)31-25-16-20(30)10-14-27(25)37-22-6-4-3-5-7-22/h3-17H,18H2,1-2H3,(H,31,33). The summed E-state index contributed by atoms with van der Waals surface area (Å²) in [6.07, 6.45) is 0. The summed E-state index contributed by atoms with van der Waals surface area (Å²) in [5.74, 6) is 0.828. The van der Waals surface area contributed by atoms with E-state index in [4.69, 9.17) is 21.1 Å². The van der Waals surface area contributed by atoms with Crippen molar-refractivity contribution < 1.29 is 22.7 Å². The first-order valence-electron chi connectivity index (χ1n) is 11.4. The van der Waals surface area contributed by atoms with Gasteiger partial charge < -0.3 is 14.8 Å². The second-order valence-electron chi connectivity index (χ2n) is 8.25. The summed E-state index contributed by atoms with van der Waals surface area (Å²) in [6, 6.07) is 25.2. The molecule has 4 aromatic rings. The first-order valence-corrected chi connectivity index (χ1v) is 14.0. The molecule has 1 amide bonds. The largest absolute Gasteiger partial charge is 0.496 e. The van der Waals surface area contributed by atoms with Gasteiger partial charge in [0.25, 0.3) is 10.0 Å². The van der Waals surface area contributed by atoms with Crippen molar-refractivity contribution in [2.24, 2.45) is 0 Å². The number of para-hydroxylation sites is 1. The summed E-state index contributed by atoms with van der Waals surface area (Å²) in [6.45, 7) is 1.40. The quantitative estimate of drug-likeness (QED) is 0.218. The fourth-order valence-electron chi connectivity index (χ4n) is 3.59. The molecule has 0 atom stereocenters. The SMILES string of the molecule is COc1ccc(S(=O)(=O)N(CC(=O)Nc2cc(Cl)ccc2Oc2ccccc2)c2ccc(C)cc2)cc1Br. The molecule has 10 heteroatoms. The summed E-state index contributed by atoms with van der Waals surface area (Å²) < 4.78 is 40.2. The Labute approximate surface area is 235 Å². The van der Waals surface area contributed by atoms with Crippen LogP contribution in [0.15, 0.2) is 100 Å². The van der Waals surface area contributed by atoms with Gasteiger partial charge in [0.1, 0.15) is 18.0 Å². The van der Waals surface area contributed by atoms with Crippen LogP contribution in [0.1, 0.15) is 5.56 Å². The number of carbonyl (C=O) groups is 1. The number of benzene rings is 4. The second kappa shape index (κ2) is 11.9. The van der Waals surface area contributed by atoms with Gasteiger partial charge in [0.2, 0.25) is 5.91 Å². The van der Waals surface area contributed by atoms with Crippen LogP contribution in [-0.4, -0.2) is 28.0 Å². The van der Waals surface area contributed by atoms with Crippen LogP contribution in [0.4, 0.5) is 11.4 Å². The number of amides is 1. The molecule has 0 fully saturated rings. The van der Waals surface area contributed by atoms with E-state index in [0.29, 0.717) is 38.1 Å². The topological polar surface area (TPSA) is 84.9 Å². The van der Waals surface area contributed by atoms with Crippen molar-refractivity contribution in [3.05, 3.63) is 106 Å². The Morgan fingerprint density at radius 2 is 1.63 bits per heavy atom. The lowest BCUT2D eigenvalue weighted by atomic mass is 10.2. The molecule has 0 heterocycles. The van der Waals surface area contributed by atoms with Crippen LogP contribution in [0.3, 0.4) is 0 Å². The van der Waals surface area contributed by atoms with E-state index in [2.05, 4.69) is 21.2 Å². The van der Waals surface area contributed by atoms with E-state index in [0.717, 1.165) is 9.87 Å². The van der Waals surface area contributed by atoms with Crippen LogP contribution >= 0.6 is 27.5 Å². The Morgan fingerprint density at radius 1 is 0.947 bits per heavy atom. The Morgan fingerprint density at radius 3 is 2.29 bits per heavy atom. The zero-order chi connectivity index (χ0) is 27.3. The van der Waals surface area contributed by atoms with Crippen molar-refractivity contribution in [1.82, 2.24) is 0 Å². The molecule has 7 nitrogen and oxygen atoms in total. The van der Waals surface area contributed by atoms with Crippen LogP contribution in [0, 0.1) is 6.92 Å². The molecule has 4 rings (SSSR count).